The number of ether oxygens (including phenoxy) is 1. The first-order valence-electron chi connectivity index (χ1n) is 12.3. The highest BCUT2D eigenvalue weighted by Crippen LogP contribution is 2.69. The highest BCUT2D eigenvalue weighted by Gasteiger charge is 2.62. The number of allylic oxidation sites excluding steroid dienone is 2. The van der Waals surface area contributed by atoms with Crippen molar-refractivity contribution in [2.75, 3.05) is 13.2 Å². The second-order valence-corrected chi connectivity index (χ2v) is 9.96. The van der Waals surface area contributed by atoms with Gasteiger partial charge in [0.25, 0.3) is 5.56 Å². The minimum absolute atomic E-state index is 0.121. The van der Waals surface area contributed by atoms with Crippen LogP contribution in [0.2, 0.25) is 0 Å². The van der Waals surface area contributed by atoms with Gasteiger partial charge in [0.2, 0.25) is 0 Å². The smallest absolute Gasteiger partial charge is 0.341 e. The lowest BCUT2D eigenvalue weighted by Crippen LogP contribution is -2.28. The molecule has 176 valence electrons. The summed E-state index contributed by atoms with van der Waals surface area (Å²) in [6.07, 6.45) is 10.4. The highest BCUT2D eigenvalue weighted by molar-refractivity contribution is 5.92. The Kier molecular flexibility index (Phi) is 4.99. The largest absolute Gasteiger partial charge is 0.462 e. The number of fused-ring (bicyclic) bond motifs is 1. The molecule has 2 bridgehead atoms. The van der Waals surface area contributed by atoms with Gasteiger partial charge in [-0.05, 0) is 62.0 Å². The van der Waals surface area contributed by atoms with Crippen molar-refractivity contribution < 1.29 is 9.53 Å². The summed E-state index contributed by atoms with van der Waals surface area (Å²) in [5, 5.41) is 9.07. The number of rotatable bonds is 7. The number of aryl methyl sites for hydroxylation is 1. The van der Waals surface area contributed by atoms with Crippen LogP contribution >= 0.6 is 0 Å². The molecule has 2 aromatic heterocycles. The Morgan fingerprint density at radius 3 is 2.85 bits per heavy atom. The van der Waals surface area contributed by atoms with E-state index in [0.717, 1.165) is 29.1 Å². The van der Waals surface area contributed by atoms with E-state index in [2.05, 4.69) is 22.6 Å². The van der Waals surface area contributed by atoms with E-state index >= 15 is 0 Å². The maximum atomic E-state index is 12.7. The molecule has 0 radical (unpaired) electrons. The van der Waals surface area contributed by atoms with E-state index in [1.54, 1.807) is 35.5 Å². The fourth-order valence-electron chi connectivity index (χ4n) is 6.43. The number of hydrogen-bond donors (Lipinski definition) is 1. The van der Waals surface area contributed by atoms with Crippen molar-refractivity contribution in [2.45, 2.75) is 32.7 Å². The number of carbonyl (C=O) groups is 1. The maximum Gasteiger partial charge on any atom is 0.341 e. The molecule has 0 unspecified atom stereocenters. The topological polar surface area (TPSA) is 78.2 Å². The van der Waals surface area contributed by atoms with Crippen LogP contribution in [0.1, 0.15) is 42.2 Å². The number of nitrogens with zero attached hydrogens (tertiary/aromatic N) is 3. The summed E-state index contributed by atoms with van der Waals surface area (Å²) >= 11 is 0. The van der Waals surface area contributed by atoms with Gasteiger partial charge in [0.1, 0.15) is 5.56 Å². The van der Waals surface area contributed by atoms with E-state index in [4.69, 9.17) is 4.74 Å². The average Bonchev–Trinajstić information content (AvgIpc) is 3.32. The van der Waals surface area contributed by atoms with Crippen LogP contribution in [-0.2, 0) is 18.3 Å². The number of benzene rings is 1. The third-order valence-corrected chi connectivity index (χ3v) is 8.27. The number of esters is 1. The zero-order valence-electron chi connectivity index (χ0n) is 19.7. The maximum absolute atomic E-state index is 12.7. The molecule has 1 aromatic carbocycles. The number of aromatic nitrogens is 3. The lowest BCUT2D eigenvalue weighted by atomic mass is 9.89. The molecule has 7 heteroatoms. The summed E-state index contributed by atoms with van der Waals surface area (Å²) in [4.78, 5) is 25.5. The Labute approximate surface area is 198 Å². The summed E-state index contributed by atoms with van der Waals surface area (Å²) in [5.74, 6) is 1.67. The summed E-state index contributed by atoms with van der Waals surface area (Å²) in [6, 6.07) is 9.34. The summed E-state index contributed by atoms with van der Waals surface area (Å²) < 4.78 is 8.66. The SMILES string of the molecule is CCOC(=O)c1cnn(-c2cc(=O)n(C)c3ccccc23)c1CNC[C@@H]1C[C@@H]2C=C[C@@H]1C21CC1. The van der Waals surface area contributed by atoms with Crippen LogP contribution in [-0.4, -0.2) is 33.5 Å². The molecule has 2 fully saturated rings. The van der Waals surface area contributed by atoms with Crippen LogP contribution in [0, 0.1) is 23.2 Å². The first-order valence-corrected chi connectivity index (χ1v) is 12.3. The Bertz CT molecular complexity index is 1360. The molecule has 2 saturated carbocycles. The molecule has 0 aliphatic heterocycles. The minimum Gasteiger partial charge on any atom is -0.462 e. The molecule has 7 nitrogen and oxygen atoms in total. The Balaban J connectivity index is 1.33. The second kappa shape index (κ2) is 7.94. The van der Waals surface area contributed by atoms with Gasteiger partial charge in [-0.2, -0.15) is 5.10 Å². The summed E-state index contributed by atoms with van der Waals surface area (Å²) in [7, 11) is 1.76. The fourth-order valence-corrected chi connectivity index (χ4v) is 6.43. The van der Waals surface area contributed by atoms with Crippen molar-refractivity contribution in [3.8, 4) is 5.69 Å². The number of pyridine rings is 1. The molecular weight excluding hydrogens is 428 g/mol. The molecule has 1 N–H and O–H groups in total. The number of hydrogen-bond acceptors (Lipinski definition) is 5. The van der Waals surface area contributed by atoms with Crippen LogP contribution in [0.5, 0.6) is 0 Å². The molecule has 2 heterocycles. The first-order chi connectivity index (χ1) is 16.5. The lowest BCUT2D eigenvalue weighted by Gasteiger charge is -2.21. The van der Waals surface area contributed by atoms with Crippen molar-refractivity contribution in [3.05, 3.63) is 70.3 Å². The van der Waals surface area contributed by atoms with E-state index < -0.39 is 5.97 Å². The molecule has 6 rings (SSSR count). The molecule has 3 aliphatic carbocycles. The van der Waals surface area contributed by atoms with Crippen LogP contribution in [0.15, 0.2) is 53.5 Å². The predicted molar refractivity (Wildman–Crippen MR) is 130 cm³/mol. The van der Waals surface area contributed by atoms with E-state index in [1.165, 1.54) is 19.3 Å². The van der Waals surface area contributed by atoms with E-state index in [1.807, 2.05) is 24.3 Å². The van der Waals surface area contributed by atoms with Gasteiger partial charge >= 0.3 is 5.97 Å². The number of carbonyl (C=O) groups excluding carboxylic acids is 1. The average molecular weight is 459 g/mol. The van der Waals surface area contributed by atoms with Gasteiger partial charge in [0.05, 0.1) is 29.7 Å². The Morgan fingerprint density at radius 2 is 2.09 bits per heavy atom. The molecule has 34 heavy (non-hydrogen) atoms. The normalized spacial score (nSPS) is 23.8. The van der Waals surface area contributed by atoms with Crippen molar-refractivity contribution in [1.82, 2.24) is 19.7 Å². The predicted octanol–water partition coefficient (Wildman–Crippen LogP) is 3.59. The zero-order valence-corrected chi connectivity index (χ0v) is 19.7. The van der Waals surface area contributed by atoms with Gasteiger partial charge in [-0.25, -0.2) is 9.48 Å². The van der Waals surface area contributed by atoms with Crippen molar-refractivity contribution in [1.29, 1.82) is 0 Å². The second-order valence-electron chi connectivity index (χ2n) is 9.96. The van der Waals surface area contributed by atoms with E-state index in [-0.39, 0.29) is 5.56 Å². The van der Waals surface area contributed by atoms with Gasteiger partial charge in [-0.1, -0.05) is 30.4 Å². The van der Waals surface area contributed by atoms with Gasteiger partial charge in [0.15, 0.2) is 0 Å². The van der Waals surface area contributed by atoms with Gasteiger partial charge in [0, 0.05) is 25.0 Å². The van der Waals surface area contributed by atoms with E-state index in [9.17, 15) is 9.59 Å². The van der Waals surface area contributed by atoms with E-state index in [0.29, 0.717) is 41.7 Å². The zero-order chi connectivity index (χ0) is 23.4. The molecule has 3 atom stereocenters. The van der Waals surface area contributed by atoms with Crippen molar-refractivity contribution in [2.24, 2.45) is 30.2 Å². The molecule has 1 spiro atoms. The van der Waals surface area contributed by atoms with Crippen LogP contribution < -0.4 is 10.9 Å². The molecular formula is C27H30N4O3. The Hall–Kier alpha value is -3.19. The fraction of sp³-hybridized carbons (Fsp3) is 0.444. The Morgan fingerprint density at radius 1 is 1.26 bits per heavy atom. The van der Waals surface area contributed by atoms with Gasteiger partial charge in [-0.3, -0.25) is 4.79 Å². The number of para-hydroxylation sites is 1. The van der Waals surface area contributed by atoms with Gasteiger partial charge < -0.3 is 14.6 Å². The third-order valence-electron chi connectivity index (χ3n) is 8.27. The molecule has 3 aromatic rings. The van der Waals surface area contributed by atoms with Crippen LogP contribution in [0.4, 0.5) is 0 Å². The highest BCUT2D eigenvalue weighted by atomic mass is 16.5. The minimum atomic E-state index is -0.390. The lowest BCUT2D eigenvalue weighted by molar-refractivity contribution is 0.0525. The molecule has 3 aliphatic rings. The molecule has 0 amide bonds. The number of nitrogens with one attached hydrogen (secondary N) is 1. The summed E-state index contributed by atoms with van der Waals surface area (Å²) in [6.45, 7) is 3.47. The van der Waals surface area contributed by atoms with Crippen molar-refractivity contribution >= 4 is 16.9 Å². The monoisotopic (exact) mass is 458 g/mol. The van der Waals surface area contributed by atoms with Crippen LogP contribution in [0.25, 0.3) is 16.6 Å². The van der Waals surface area contributed by atoms with Crippen LogP contribution in [0.3, 0.4) is 0 Å². The van der Waals surface area contributed by atoms with Crippen molar-refractivity contribution in [3.63, 3.8) is 0 Å². The first kappa shape index (κ1) is 21.4. The quantitative estimate of drug-likeness (QED) is 0.432. The molecule has 0 saturated heterocycles. The summed E-state index contributed by atoms with van der Waals surface area (Å²) in [5.41, 5.74) is 3.09. The standard InChI is InChI=1S/C27H30N4O3/c1-3-34-26(33)20-15-29-31(23-13-25(32)30(2)22-7-5-4-6-19(22)23)24(20)16-28-14-17-12-18-8-9-21(17)27(18)10-11-27/h4-9,13,15,17-18,21,28H,3,10-12,14,16H2,1-2H3/t17-,18-,21-/m0/s1. The third kappa shape index (κ3) is 3.17. The van der Waals surface area contributed by atoms with Gasteiger partial charge in [-0.15, -0.1) is 0 Å².